The molecule has 0 saturated heterocycles. The predicted molar refractivity (Wildman–Crippen MR) is 143 cm³/mol. The zero-order chi connectivity index (χ0) is 27.2. The molecule has 0 spiro atoms. The van der Waals surface area contributed by atoms with Gasteiger partial charge in [-0.15, -0.1) is 11.8 Å². The highest BCUT2D eigenvalue weighted by Crippen LogP contribution is 2.39. The molecule has 0 atom stereocenters. The molecule has 0 radical (unpaired) electrons. The number of carbonyl (C=O) groups is 2. The maximum atomic E-state index is 14.4. The van der Waals surface area contributed by atoms with Crippen molar-refractivity contribution in [3.8, 4) is 11.5 Å². The van der Waals surface area contributed by atoms with E-state index in [2.05, 4.69) is 4.98 Å². The summed E-state index contributed by atoms with van der Waals surface area (Å²) < 4.78 is 36.0. The van der Waals surface area contributed by atoms with E-state index in [9.17, 15) is 14.0 Å². The molecule has 196 valence electrons. The number of thioether (sulfide) groups is 1. The summed E-state index contributed by atoms with van der Waals surface area (Å²) in [5.74, 6) is -0.802. The Labute approximate surface area is 227 Å². The summed E-state index contributed by atoms with van der Waals surface area (Å²) in [6.07, 6.45) is 0. The van der Waals surface area contributed by atoms with E-state index >= 15 is 0 Å². The van der Waals surface area contributed by atoms with Gasteiger partial charge < -0.3 is 18.9 Å². The molecule has 0 saturated carbocycles. The van der Waals surface area contributed by atoms with Crippen LogP contribution in [0.1, 0.15) is 31.8 Å². The lowest BCUT2D eigenvalue weighted by molar-refractivity contribution is 0.0586. The molecule has 4 rings (SSSR count). The van der Waals surface area contributed by atoms with Crippen molar-refractivity contribution in [3.63, 3.8) is 0 Å². The molecule has 38 heavy (non-hydrogen) atoms. The number of aromatic nitrogens is 1. The fraction of sp³-hybridized carbons (Fsp3) is 0.179. The Bertz CT molecular complexity index is 1490. The molecular formula is C28H23ClFNO6S. The fourth-order valence-corrected chi connectivity index (χ4v) is 5.16. The first-order chi connectivity index (χ1) is 18.4. The molecule has 7 nitrogen and oxygen atoms in total. The first kappa shape index (κ1) is 27.2. The van der Waals surface area contributed by atoms with Crippen LogP contribution in [0.4, 0.5) is 4.39 Å². The SMILES string of the molecule is COC(=O)c1ccc(OC)c(COc2c(C(=O)OC)c(SCc3c(F)cccc3Cl)nc3ccccc23)c1. The summed E-state index contributed by atoms with van der Waals surface area (Å²) in [5, 5.41) is 1.14. The number of nitrogens with zero attached hydrogens (tertiary/aromatic N) is 1. The third-order valence-electron chi connectivity index (χ3n) is 5.69. The van der Waals surface area contributed by atoms with Crippen molar-refractivity contribution in [1.29, 1.82) is 0 Å². The molecule has 0 fully saturated rings. The minimum Gasteiger partial charge on any atom is -0.496 e. The number of methoxy groups -OCH3 is 3. The highest BCUT2D eigenvalue weighted by Gasteiger charge is 2.25. The van der Waals surface area contributed by atoms with Gasteiger partial charge in [0.05, 0.1) is 32.4 Å². The molecule has 0 aliphatic carbocycles. The summed E-state index contributed by atoms with van der Waals surface area (Å²) in [7, 11) is 4.05. The third kappa shape index (κ3) is 5.69. The van der Waals surface area contributed by atoms with E-state index in [0.717, 1.165) is 11.8 Å². The van der Waals surface area contributed by atoms with Gasteiger partial charge in [0.15, 0.2) is 0 Å². The van der Waals surface area contributed by atoms with E-state index in [0.29, 0.717) is 32.8 Å². The lowest BCUT2D eigenvalue weighted by Gasteiger charge is -2.17. The number of halogens is 2. The van der Waals surface area contributed by atoms with Gasteiger partial charge in [0.1, 0.15) is 34.5 Å². The fourth-order valence-electron chi connectivity index (χ4n) is 3.79. The molecular weight excluding hydrogens is 533 g/mol. The zero-order valence-electron chi connectivity index (χ0n) is 20.7. The highest BCUT2D eigenvalue weighted by molar-refractivity contribution is 7.98. The molecule has 0 N–H and O–H groups in total. The quantitative estimate of drug-likeness (QED) is 0.171. The normalized spacial score (nSPS) is 10.8. The second-order valence-corrected chi connectivity index (χ2v) is 9.30. The van der Waals surface area contributed by atoms with Crippen molar-refractivity contribution in [2.75, 3.05) is 21.3 Å². The summed E-state index contributed by atoms with van der Waals surface area (Å²) in [6.45, 7) is -0.0464. The van der Waals surface area contributed by atoms with Crippen molar-refractivity contribution in [2.45, 2.75) is 17.4 Å². The minimum atomic E-state index is -0.671. The van der Waals surface area contributed by atoms with Gasteiger partial charge in [-0.2, -0.15) is 0 Å². The molecule has 1 aromatic heterocycles. The average Bonchev–Trinajstić information content (AvgIpc) is 2.94. The molecule has 0 bridgehead atoms. The van der Waals surface area contributed by atoms with Gasteiger partial charge in [-0.05, 0) is 42.5 Å². The summed E-state index contributed by atoms with van der Waals surface area (Å²) >= 11 is 7.35. The third-order valence-corrected chi connectivity index (χ3v) is 7.05. The number of hydrogen-bond acceptors (Lipinski definition) is 8. The van der Waals surface area contributed by atoms with Gasteiger partial charge in [0.2, 0.25) is 0 Å². The Morgan fingerprint density at radius 1 is 0.974 bits per heavy atom. The van der Waals surface area contributed by atoms with Crippen molar-refractivity contribution in [1.82, 2.24) is 4.98 Å². The number of esters is 2. The van der Waals surface area contributed by atoms with Crippen molar-refractivity contribution in [2.24, 2.45) is 0 Å². The number of rotatable bonds is 9. The van der Waals surface area contributed by atoms with Crippen LogP contribution in [-0.2, 0) is 21.8 Å². The van der Waals surface area contributed by atoms with E-state index in [1.54, 1.807) is 42.5 Å². The number of pyridine rings is 1. The number of hydrogen-bond donors (Lipinski definition) is 0. The van der Waals surface area contributed by atoms with Crippen molar-refractivity contribution >= 4 is 46.2 Å². The van der Waals surface area contributed by atoms with E-state index in [4.69, 9.17) is 30.5 Å². The first-order valence-corrected chi connectivity index (χ1v) is 12.7. The van der Waals surface area contributed by atoms with Crippen molar-refractivity contribution < 1.29 is 32.9 Å². The summed E-state index contributed by atoms with van der Waals surface area (Å²) in [5.41, 5.74) is 1.81. The van der Waals surface area contributed by atoms with Gasteiger partial charge in [-0.1, -0.05) is 29.8 Å². The number of ether oxygens (including phenoxy) is 4. The van der Waals surface area contributed by atoms with Crippen LogP contribution in [0.5, 0.6) is 11.5 Å². The Hall–Kier alpha value is -3.82. The topological polar surface area (TPSA) is 84.0 Å². The lowest BCUT2D eigenvalue weighted by Crippen LogP contribution is -2.11. The van der Waals surface area contributed by atoms with Crippen LogP contribution in [0.15, 0.2) is 65.7 Å². The zero-order valence-corrected chi connectivity index (χ0v) is 22.3. The Morgan fingerprint density at radius 3 is 2.45 bits per heavy atom. The van der Waals surface area contributed by atoms with Crippen molar-refractivity contribution in [3.05, 3.63) is 93.8 Å². The van der Waals surface area contributed by atoms with Gasteiger partial charge >= 0.3 is 11.9 Å². The lowest BCUT2D eigenvalue weighted by atomic mass is 10.1. The summed E-state index contributed by atoms with van der Waals surface area (Å²) in [6, 6.07) is 16.4. The smallest absolute Gasteiger partial charge is 0.344 e. The second kappa shape index (κ2) is 12.1. The molecule has 0 aliphatic rings. The average molecular weight is 556 g/mol. The molecule has 0 amide bonds. The Morgan fingerprint density at radius 2 is 1.74 bits per heavy atom. The number of benzene rings is 3. The van der Waals surface area contributed by atoms with Crippen LogP contribution < -0.4 is 9.47 Å². The van der Waals surface area contributed by atoms with Gasteiger partial charge in [-0.25, -0.2) is 19.0 Å². The Balaban J connectivity index is 1.79. The standard InChI is InChI=1S/C28H23ClFNO6S/c1-34-23-12-11-16(27(32)35-2)13-17(23)14-37-25-18-7-4-5-10-22(18)31-26(24(25)28(33)36-3)38-15-19-20(29)8-6-9-21(19)30/h4-13H,14-15H2,1-3H3. The maximum Gasteiger partial charge on any atom is 0.344 e. The minimum absolute atomic E-state index is 0.0464. The summed E-state index contributed by atoms with van der Waals surface area (Å²) in [4.78, 5) is 29.7. The molecule has 3 aromatic carbocycles. The first-order valence-electron chi connectivity index (χ1n) is 11.3. The van der Waals surface area contributed by atoms with Crippen LogP contribution in [0.3, 0.4) is 0 Å². The Kier molecular flexibility index (Phi) is 8.70. The van der Waals surface area contributed by atoms with Crippen LogP contribution in [-0.4, -0.2) is 38.3 Å². The molecule has 10 heteroatoms. The van der Waals surface area contributed by atoms with Gasteiger partial charge in [-0.3, -0.25) is 0 Å². The number of fused-ring (bicyclic) bond motifs is 1. The van der Waals surface area contributed by atoms with Crippen LogP contribution in [0, 0.1) is 5.82 Å². The maximum absolute atomic E-state index is 14.4. The predicted octanol–water partition coefficient (Wildman–Crippen LogP) is 6.48. The monoisotopic (exact) mass is 555 g/mol. The molecule has 4 aromatic rings. The van der Waals surface area contributed by atoms with Crippen LogP contribution >= 0.6 is 23.4 Å². The van der Waals surface area contributed by atoms with E-state index < -0.39 is 17.8 Å². The number of para-hydroxylation sites is 1. The second-order valence-electron chi connectivity index (χ2n) is 7.93. The largest absolute Gasteiger partial charge is 0.496 e. The van der Waals surface area contributed by atoms with E-state index in [1.807, 2.05) is 6.07 Å². The molecule has 0 unspecified atom stereocenters. The van der Waals surface area contributed by atoms with Crippen LogP contribution in [0.25, 0.3) is 10.9 Å². The highest BCUT2D eigenvalue weighted by atomic mass is 35.5. The van der Waals surface area contributed by atoms with E-state index in [-0.39, 0.29) is 34.3 Å². The van der Waals surface area contributed by atoms with E-state index in [1.165, 1.54) is 33.5 Å². The number of carbonyl (C=O) groups excluding carboxylic acids is 2. The molecule has 0 aliphatic heterocycles. The van der Waals surface area contributed by atoms with Gasteiger partial charge in [0, 0.05) is 27.3 Å². The molecule has 1 heterocycles. The van der Waals surface area contributed by atoms with Crippen LogP contribution in [0.2, 0.25) is 5.02 Å². The van der Waals surface area contributed by atoms with Gasteiger partial charge in [0.25, 0.3) is 0 Å².